The van der Waals surface area contributed by atoms with E-state index in [0.29, 0.717) is 39.1 Å². The van der Waals surface area contributed by atoms with E-state index < -0.39 is 11.5 Å². The van der Waals surface area contributed by atoms with Crippen molar-refractivity contribution in [3.63, 3.8) is 0 Å². The lowest BCUT2D eigenvalue weighted by molar-refractivity contribution is -0.144. The number of nitrogens with zero attached hydrogens (tertiary/aromatic N) is 2. The number of carbonyl (C=O) groups is 2. The van der Waals surface area contributed by atoms with Gasteiger partial charge in [0.2, 0.25) is 11.8 Å². The third-order valence-electron chi connectivity index (χ3n) is 4.20. The Morgan fingerprint density at radius 1 is 1.25 bits per heavy atom. The van der Waals surface area contributed by atoms with Crippen molar-refractivity contribution in [3.8, 4) is 6.07 Å². The second-order valence-corrected chi connectivity index (χ2v) is 5.70. The number of hydrogen-bond donors (Lipinski definition) is 1. The molecule has 110 valence electrons. The van der Waals surface area contributed by atoms with Crippen molar-refractivity contribution in [3.05, 3.63) is 0 Å². The van der Waals surface area contributed by atoms with E-state index in [1.54, 1.807) is 18.7 Å². The van der Waals surface area contributed by atoms with Crippen molar-refractivity contribution in [2.45, 2.75) is 32.2 Å². The van der Waals surface area contributed by atoms with E-state index in [2.05, 4.69) is 11.4 Å². The van der Waals surface area contributed by atoms with E-state index in [1.807, 2.05) is 0 Å². The number of hydrogen-bond acceptors (Lipinski definition) is 4. The molecule has 0 aromatic rings. The minimum absolute atomic E-state index is 0.0160. The molecule has 0 bridgehead atoms. The number of nitriles is 1. The summed E-state index contributed by atoms with van der Waals surface area (Å²) in [6.07, 6.45) is 1.40. The first-order valence-corrected chi connectivity index (χ1v) is 7.09. The summed E-state index contributed by atoms with van der Waals surface area (Å²) in [5, 5.41) is 11.7. The van der Waals surface area contributed by atoms with Gasteiger partial charge in [-0.05, 0) is 12.8 Å². The minimum Gasteiger partial charge on any atom is -0.378 e. The minimum atomic E-state index is -0.674. The predicted octanol–water partition coefficient (Wildman–Crippen LogP) is 0.290. The van der Waals surface area contributed by atoms with Crippen molar-refractivity contribution in [1.82, 2.24) is 10.2 Å². The van der Waals surface area contributed by atoms with Crippen LogP contribution in [0.3, 0.4) is 0 Å². The van der Waals surface area contributed by atoms with Crippen LogP contribution in [0.1, 0.15) is 26.7 Å². The molecule has 1 saturated carbocycles. The molecule has 6 heteroatoms. The fraction of sp³-hybridized carbons (Fsp3) is 0.786. The highest BCUT2D eigenvalue weighted by molar-refractivity contribution is 5.88. The highest BCUT2D eigenvalue weighted by atomic mass is 16.5. The Kier molecular flexibility index (Phi) is 4.29. The summed E-state index contributed by atoms with van der Waals surface area (Å²) >= 11 is 0. The molecule has 2 atom stereocenters. The lowest BCUT2D eigenvalue weighted by Crippen LogP contribution is -2.48. The molecular weight excluding hydrogens is 258 g/mol. The molecule has 0 aromatic heterocycles. The highest BCUT2D eigenvalue weighted by Crippen LogP contribution is 2.34. The van der Waals surface area contributed by atoms with Crippen LogP contribution < -0.4 is 5.32 Å². The molecule has 1 heterocycles. The SMILES string of the molecule is CC(C(=O)NC1(C#N)CC1)C(C)C(=O)N1CCOCC1. The molecular formula is C14H21N3O3. The molecule has 0 radical (unpaired) electrons. The summed E-state index contributed by atoms with van der Waals surface area (Å²) in [4.78, 5) is 26.2. The van der Waals surface area contributed by atoms with Crippen molar-refractivity contribution in [1.29, 1.82) is 5.26 Å². The van der Waals surface area contributed by atoms with Crippen LogP contribution in [0.25, 0.3) is 0 Å². The second-order valence-electron chi connectivity index (χ2n) is 5.70. The van der Waals surface area contributed by atoms with Crippen LogP contribution in [0.15, 0.2) is 0 Å². The summed E-state index contributed by atoms with van der Waals surface area (Å²) in [6, 6.07) is 2.13. The van der Waals surface area contributed by atoms with Crippen LogP contribution in [0.4, 0.5) is 0 Å². The molecule has 0 aromatic carbocycles. The van der Waals surface area contributed by atoms with Crippen molar-refractivity contribution < 1.29 is 14.3 Å². The zero-order valence-electron chi connectivity index (χ0n) is 12.0. The Balaban J connectivity index is 1.90. The van der Waals surface area contributed by atoms with Gasteiger partial charge in [0.15, 0.2) is 0 Å². The van der Waals surface area contributed by atoms with Gasteiger partial charge in [0, 0.05) is 24.9 Å². The summed E-state index contributed by atoms with van der Waals surface area (Å²) in [6.45, 7) is 5.78. The zero-order valence-corrected chi connectivity index (χ0v) is 12.0. The Labute approximate surface area is 119 Å². The molecule has 6 nitrogen and oxygen atoms in total. The topological polar surface area (TPSA) is 82.4 Å². The first-order chi connectivity index (χ1) is 9.49. The Morgan fingerprint density at radius 3 is 2.35 bits per heavy atom. The molecule has 1 aliphatic heterocycles. The molecule has 0 spiro atoms. The van der Waals surface area contributed by atoms with Gasteiger partial charge in [-0.15, -0.1) is 0 Å². The normalized spacial score (nSPS) is 23.4. The van der Waals surface area contributed by atoms with Gasteiger partial charge >= 0.3 is 0 Å². The quantitative estimate of drug-likeness (QED) is 0.802. The number of ether oxygens (including phenoxy) is 1. The van der Waals surface area contributed by atoms with E-state index in [9.17, 15) is 9.59 Å². The maximum absolute atomic E-state index is 12.3. The monoisotopic (exact) mass is 279 g/mol. The van der Waals surface area contributed by atoms with E-state index in [-0.39, 0.29) is 17.7 Å². The Morgan fingerprint density at radius 2 is 1.85 bits per heavy atom. The van der Waals surface area contributed by atoms with Crippen LogP contribution in [0.5, 0.6) is 0 Å². The molecule has 1 saturated heterocycles. The van der Waals surface area contributed by atoms with Crippen LogP contribution >= 0.6 is 0 Å². The summed E-state index contributed by atoms with van der Waals surface area (Å²) < 4.78 is 5.22. The smallest absolute Gasteiger partial charge is 0.226 e. The largest absolute Gasteiger partial charge is 0.378 e. The van der Waals surface area contributed by atoms with E-state index in [1.165, 1.54) is 0 Å². The fourth-order valence-corrected chi connectivity index (χ4v) is 2.25. The number of rotatable bonds is 4. The first kappa shape index (κ1) is 14.8. The summed E-state index contributed by atoms with van der Waals surface area (Å²) in [7, 11) is 0. The lowest BCUT2D eigenvalue weighted by atomic mass is 9.93. The van der Waals surface area contributed by atoms with Crippen molar-refractivity contribution in [2.75, 3.05) is 26.3 Å². The van der Waals surface area contributed by atoms with Gasteiger partial charge in [-0.3, -0.25) is 9.59 Å². The molecule has 2 fully saturated rings. The number of nitrogens with one attached hydrogen (secondary N) is 1. The van der Waals surface area contributed by atoms with Crippen molar-refractivity contribution in [2.24, 2.45) is 11.8 Å². The summed E-state index contributed by atoms with van der Waals surface area (Å²) in [5.41, 5.74) is -0.674. The molecule has 1 N–H and O–H groups in total. The van der Waals surface area contributed by atoms with Gasteiger partial charge in [0.1, 0.15) is 5.54 Å². The average molecular weight is 279 g/mol. The highest BCUT2D eigenvalue weighted by Gasteiger charge is 2.46. The number of morpholine rings is 1. The van der Waals surface area contributed by atoms with E-state index in [0.717, 1.165) is 0 Å². The first-order valence-electron chi connectivity index (χ1n) is 7.09. The molecule has 2 unspecified atom stereocenters. The zero-order chi connectivity index (χ0) is 14.8. The third kappa shape index (κ3) is 3.10. The maximum Gasteiger partial charge on any atom is 0.226 e. The maximum atomic E-state index is 12.3. The molecule has 2 aliphatic rings. The average Bonchev–Trinajstić information content (AvgIpc) is 3.26. The van der Waals surface area contributed by atoms with Crippen LogP contribution in [0, 0.1) is 23.2 Å². The standard InChI is InChI=1S/C14H21N3O3/c1-10(12(18)16-14(9-15)3-4-14)11(2)13(19)17-5-7-20-8-6-17/h10-11H,3-8H2,1-2H3,(H,16,18). The van der Waals surface area contributed by atoms with Gasteiger partial charge < -0.3 is 15.0 Å². The molecule has 2 rings (SSSR count). The van der Waals surface area contributed by atoms with Gasteiger partial charge in [0.25, 0.3) is 0 Å². The number of amides is 2. The third-order valence-corrected chi connectivity index (χ3v) is 4.20. The Bertz CT molecular complexity index is 433. The van der Waals surface area contributed by atoms with Gasteiger partial charge in [-0.2, -0.15) is 5.26 Å². The van der Waals surface area contributed by atoms with E-state index >= 15 is 0 Å². The predicted molar refractivity (Wildman–Crippen MR) is 71.4 cm³/mol. The number of carbonyl (C=O) groups excluding carboxylic acids is 2. The van der Waals surface area contributed by atoms with Gasteiger partial charge in [-0.1, -0.05) is 13.8 Å². The molecule has 1 aliphatic carbocycles. The summed E-state index contributed by atoms with van der Waals surface area (Å²) in [5.74, 6) is -1.05. The van der Waals surface area contributed by atoms with E-state index in [4.69, 9.17) is 10.00 Å². The van der Waals surface area contributed by atoms with Crippen molar-refractivity contribution >= 4 is 11.8 Å². The van der Waals surface area contributed by atoms with Gasteiger partial charge in [0.05, 0.1) is 19.3 Å². The van der Waals surface area contributed by atoms with Crippen LogP contribution in [-0.2, 0) is 14.3 Å². The lowest BCUT2D eigenvalue weighted by Gasteiger charge is -2.31. The van der Waals surface area contributed by atoms with Crippen LogP contribution in [-0.4, -0.2) is 48.6 Å². The molecule has 20 heavy (non-hydrogen) atoms. The van der Waals surface area contributed by atoms with Gasteiger partial charge in [-0.25, -0.2) is 0 Å². The second kappa shape index (κ2) is 5.80. The Hall–Kier alpha value is -1.61. The fourth-order valence-electron chi connectivity index (χ4n) is 2.25. The van der Waals surface area contributed by atoms with Crippen LogP contribution in [0.2, 0.25) is 0 Å². The molecule has 2 amide bonds.